The number of nitrogens with one attached hydrogen (secondary N) is 2. The van der Waals surface area contributed by atoms with Crippen molar-refractivity contribution >= 4 is 57.2 Å². The number of non-ortho nitro benzene ring substituents is 1. The number of rotatable bonds is 5. The molecule has 0 aliphatic rings. The lowest BCUT2D eigenvalue weighted by molar-refractivity contribution is -0.383. The highest BCUT2D eigenvalue weighted by molar-refractivity contribution is 6.40. The summed E-state index contributed by atoms with van der Waals surface area (Å²) in [6, 6.07) is 8.40. The Kier molecular flexibility index (Phi) is 6.76. The van der Waals surface area contributed by atoms with E-state index in [-0.39, 0.29) is 43.6 Å². The van der Waals surface area contributed by atoms with Gasteiger partial charge in [-0.2, -0.15) is 18.3 Å². The number of nitrogens with zero attached hydrogens (tertiary/aromatic N) is 4. The summed E-state index contributed by atoms with van der Waals surface area (Å²) in [7, 11) is 1.28. The van der Waals surface area contributed by atoms with Crippen molar-refractivity contribution in [2.24, 2.45) is 0 Å². The SMILES string of the molecule is CNC(=O)c1cc2c([N+](=O)[O-])cccc2c(Cl)c1NC(=O)c1cc(C(F)(F)F)nn1-c1ncccc1Cl. The first-order chi connectivity index (χ1) is 17.4. The van der Waals surface area contributed by atoms with Crippen LogP contribution in [0.25, 0.3) is 16.6 Å². The number of carbonyl (C=O) groups excluding carboxylic acids is 2. The van der Waals surface area contributed by atoms with Gasteiger partial charge in [0.05, 0.1) is 31.6 Å². The van der Waals surface area contributed by atoms with Gasteiger partial charge in [0.25, 0.3) is 17.5 Å². The number of pyridine rings is 1. The number of benzene rings is 2. The molecular formula is C22H13Cl2F3N6O4. The molecule has 0 radical (unpaired) electrons. The van der Waals surface area contributed by atoms with Crippen molar-refractivity contribution in [3.05, 3.63) is 85.8 Å². The Morgan fingerprint density at radius 3 is 2.43 bits per heavy atom. The zero-order chi connectivity index (χ0) is 27.1. The minimum atomic E-state index is -4.91. The van der Waals surface area contributed by atoms with Gasteiger partial charge < -0.3 is 10.6 Å². The summed E-state index contributed by atoms with van der Waals surface area (Å²) in [5.74, 6) is -2.16. The molecule has 10 nitrogen and oxygen atoms in total. The largest absolute Gasteiger partial charge is 0.435 e. The highest BCUT2D eigenvalue weighted by Gasteiger charge is 2.37. The van der Waals surface area contributed by atoms with Gasteiger partial charge in [0.1, 0.15) is 5.69 Å². The minimum absolute atomic E-state index is 0.0127. The molecule has 0 saturated carbocycles. The summed E-state index contributed by atoms with van der Waals surface area (Å²) in [6.07, 6.45) is -3.66. The van der Waals surface area contributed by atoms with E-state index in [0.717, 1.165) is 6.07 Å². The predicted molar refractivity (Wildman–Crippen MR) is 128 cm³/mol. The van der Waals surface area contributed by atoms with Gasteiger partial charge in [-0.3, -0.25) is 19.7 Å². The normalized spacial score (nSPS) is 11.4. The van der Waals surface area contributed by atoms with Crippen LogP contribution < -0.4 is 10.6 Å². The molecule has 4 aromatic rings. The van der Waals surface area contributed by atoms with E-state index in [4.69, 9.17) is 23.2 Å². The summed E-state index contributed by atoms with van der Waals surface area (Å²) >= 11 is 12.5. The van der Waals surface area contributed by atoms with Crippen LogP contribution in [0.2, 0.25) is 10.0 Å². The van der Waals surface area contributed by atoms with E-state index in [2.05, 4.69) is 20.7 Å². The lowest BCUT2D eigenvalue weighted by atomic mass is 10.0. The smallest absolute Gasteiger partial charge is 0.355 e. The van der Waals surface area contributed by atoms with Crippen molar-refractivity contribution in [3.8, 4) is 5.82 Å². The molecule has 190 valence electrons. The quantitative estimate of drug-likeness (QED) is 0.256. The fourth-order valence-electron chi connectivity index (χ4n) is 3.51. The van der Waals surface area contributed by atoms with Crippen LogP contribution in [0.1, 0.15) is 26.5 Å². The van der Waals surface area contributed by atoms with Gasteiger partial charge in [-0.05, 0) is 18.2 Å². The second kappa shape index (κ2) is 9.67. The maximum absolute atomic E-state index is 13.5. The molecule has 0 aliphatic heterocycles. The van der Waals surface area contributed by atoms with Crippen LogP contribution in [-0.2, 0) is 6.18 Å². The predicted octanol–water partition coefficient (Wildman–Crippen LogP) is 5.27. The van der Waals surface area contributed by atoms with Crippen LogP contribution in [0, 0.1) is 10.1 Å². The molecule has 15 heteroatoms. The minimum Gasteiger partial charge on any atom is -0.355 e. The summed E-state index contributed by atoms with van der Waals surface area (Å²) in [5.41, 5.74) is -2.91. The molecule has 0 aliphatic carbocycles. The molecule has 0 atom stereocenters. The van der Waals surface area contributed by atoms with Gasteiger partial charge in [-0.15, -0.1) is 0 Å². The molecule has 2 aromatic carbocycles. The number of nitro benzene ring substituents is 1. The molecule has 4 rings (SSSR count). The molecule has 0 fully saturated rings. The second-order valence-electron chi connectivity index (χ2n) is 7.41. The van der Waals surface area contributed by atoms with E-state index in [0.29, 0.717) is 10.7 Å². The summed E-state index contributed by atoms with van der Waals surface area (Å²) in [6.45, 7) is 0. The number of hydrogen-bond donors (Lipinski definition) is 2. The number of carbonyl (C=O) groups is 2. The first-order valence-corrected chi connectivity index (χ1v) is 10.9. The van der Waals surface area contributed by atoms with Crippen LogP contribution in [0.3, 0.4) is 0 Å². The summed E-state index contributed by atoms with van der Waals surface area (Å²) in [5, 5.41) is 19.4. The topological polar surface area (TPSA) is 132 Å². The molecule has 2 aromatic heterocycles. The Morgan fingerprint density at radius 1 is 1.08 bits per heavy atom. The number of hydrogen-bond acceptors (Lipinski definition) is 6. The number of anilines is 1. The zero-order valence-corrected chi connectivity index (χ0v) is 19.9. The fraction of sp³-hybridized carbons (Fsp3) is 0.0909. The van der Waals surface area contributed by atoms with Gasteiger partial charge in [0, 0.05) is 30.8 Å². The molecule has 2 heterocycles. The highest BCUT2D eigenvalue weighted by atomic mass is 35.5. The number of fused-ring (bicyclic) bond motifs is 1. The molecule has 2 amide bonds. The lowest BCUT2D eigenvalue weighted by Crippen LogP contribution is -2.23. The van der Waals surface area contributed by atoms with E-state index in [1.54, 1.807) is 0 Å². The van der Waals surface area contributed by atoms with Gasteiger partial charge >= 0.3 is 6.18 Å². The average Bonchev–Trinajstić information content (AvgIpc) is 3.31. The van der Waals surface area contributed by atoms with Crippen molar-refractivity contribution in [3.63, 3.8) is 0 Å². The van der Waals surface area contributed by atoms with Crippen LogP contribution in [0.5, 0.6) is 0 Å². The van der Waals surface area contributed by atoms with E-state index in [1.807, 2.05) is 0 Å². The van der Waals surface area contributed by atoms with E-state index in [9.17, 15) is 32.9 Å². The third-order valence-corrected chi connectivity index (χ3v) is 5.86. The first-order valence-electron chi connectivity index (χ1n) is 10.1. The first kappa shape index (κ1) is 25.9. The molecule has 2 N–H and O–H groups in total. The number of amides is 2. The van der Waals surface area contributed by atoms with Crippen LogP contribution >= 0.6 is 23.2 Å². The lowest BCUT2D eigenvalue weighted by Gasteiger charge is -2.15. The maximum Gasteiger partial charge on any atom is 0.435 e. The summed E-state index contributed by atoms with van der Waals surface area (Å²) < 4.78 is 41.0. The fourth-order valence-corrected chi connectivity index (χ4v) is 4.03. The Balaban J connectivity index is 1.90. The van der Waals surface area contributed by atoms with Crippen molar-refractivity contribution in [2.45, 2.75) is 6.18 Å². The van der Waals surface area contributed by atoms with Crippen LogP contribution in [0.15, 0.2) is 48.7 Å². The van der Waals surface area contributed by atoms with E-state index in [1.165, 1.54) is 43.6 Å². The number of halogens is 5. The Labute approximate surface area is 215 Å². The van der Waals surface area contributed by atoms with Gasteiger partial charge in [0.2, 0.25) is 0 Å². The van der Waals surface area contributed by atoms with E-state index < -0.39 is 34.3 Å². The maximum atomic E-state index is 13.5. The molecule has 0 bridgehead atoms. The van der Waals surface area contributed by atoms with Crippen molar-refractivity contribution in [1.29, 1.82) is 0 Å². The van der Waals surface area contributed by atoms with Crippen molar-refractivity contribution in [2.75, 3.05) is 12.4 Å². The zero-order valence-electron chi connectivity index (χ0n) is 18.4. The van der Waals surface area contributed by atoms with Crippen molar-refractivity contribution in [1.82, 2.24) is 20.1 Å². The average molecular weight is 553 g/mol. The third kappa shape index (κ3) is 4.78. The molecule has 0 spiro atoms. The number of nitro groups is 1. The van der Waals surface area contributed by atoms with Crippen molar-refractivity contribution < 1.29 is 27.7 Å². The Morgan fingerprint density at radius 2 is 1.81 bits per heavy atom. The highest BCUT2D eigenvalue weighted by Crippen LogP contribution is 2.39. The monoisotopic (exact) mass is 552 g/mol. The molecular weight excluding hydrogens is 540 g/mol. The Bertz CT molecular complexity index is 1590. The summed E-state index contributed by atoms with van der Waals surface area (Å²) in [4.78, 5) is 40.6. The number of alkyl halides is 3. The standard InChI is InChI=1S/C22H13Cl2F3N6O4/c1-28-20(34)12-8-11-10(4-2-6-14(11)33(36)37)17(24)18(12)30-21(35)15-9-16(22(25,26)27)31-32(15)19-13(23)5-3-7-29-19/h2-9H,1H3,(H,28,34)(H,30,35). The van der Waals surface area contributed by atoms with Gasteiger partial charge in [0.15, 0.2) is 11.5 Å². The van der Waals surface area contributed by atoms with E-state index >= 15 is 0 Å². The molecule has 37 heavy (non-hydrogen) atoms. The van der Waals surface area contributed by atoms with Crippen LogP contribution in [-0.4, -0.2) is 38.5 Å². The molecule has 0 unspecified atom stereocenters. The van der Waals surface area contributed by atoms with Crippen LogP contribution in [0.4, 0.5) is 24.5 Å². The molecule has 0 saturated heterocycles. The van der Waals surface area contributed by atoms with Gasteiger partial charge in [-0.1, -0.05) is 35.3 Å². The third-order valence-electron chi connectivity index (χ3n) is 5.18. The Hall–Kier alpha value is -4.23. The van der Waals surface area contributed by atoms with Gasteiger partial charge in [-0.25, -0.2) is 9.67 Å². The number of aromatic nitrogens is 3. The second-order valence-corrected chi connectivity index (χ2v) is 8.19.